The van der Waals surface area contributed by atoms with Gasteiger partial charge in [0.2, 0.25) is 5.78 Å². The molecule has 5 heterocycles. The molecule has 1 unspecified atom stereocenters. The number of aldehydes is 1. The smallest absolute Gasteiger partial charge is 0.407 e. The van der Waals surface area contributed by atoms with Crippen molar-refractivity contribution in [2.75, 3.05) is 14.2 Å². The van der Waals surface area contributed by atoms with E-state index in [0.29, 0.717) is 17.6 Å². The first-order chi connectivity index (χ1) is 39.6. The molecule has 2 bridgehead atoms. The largest absolute Gasteiger partial charge is 0.600 e. The molecule has 4 aliphatic carbocycles. The average molecular weight is 1190 g/mol. The first-order valence-electron chi connectivity index (χ1n) is 29.9. The molecule has 0 aromatic heterocycles. The lowest BCUT2D eigenvalue weighted by molar-refractivity contribution is -1.09. The Balaban J connectivity index is 1.01. The van der Waals surface area contributed by atoms with Crippen molar-refractivity contribution in [1.29, 1.82) is 0 Å². The number of amides is 1. The summed E-state index contributed by atoms with van der Waals surface area (Å²) in [5.74, 6) is -5.33. The second kappa shape index (κ2) is 25.2. The first-order valence-corrected chi connectivity index (χ1v) is 29.9. The number of alkyl carbamates (subject to hydrolysis) is 1. The Morgan fingerprint density at radius 2 is 1.38 bits per heavy atom. The van der Waals surface area contributed by atoms with Crippen LogP contribution in [0.2, 0.25) is 0 Å². The van der Waals surface area contributed by atoms with Crippen molar-refractivity contribution < 1.29 is 102 Å². The SMILES string of the molecule is COC(=O)N[C@@H]1[C@H](C)O[C@@H](O[C@H]2C/C=C(/C)[C@H]3C=C[C@H]4[C@H](O[C@@H]5C[C@@H](O[C@@H]6C[C@@H](O)[C@@H](O[C@@H]7C[C@@H](O)[C@@H](OC)[C@H](C)O7)[C@H](C)O6)[C@@H](O)[C@H](C)O5)[C@H](C)C[C@@H](C)[C@@H]4[C@@]3(C)/C(O)=C3/C(=O)O[C@@]4(C[C@H](C)C(C=O)=C[C@H]4/C=C\2C)C3=O)C[C@@]1(C)[NH+]([O-])O. The Morgan fingerprint density at radius 3 is 2.01 bits per heavy atom. The Hall–Kier alpha value is -4.02. The lowest BCUT2D eigenvalue weighted by Gasteiger charge is -2.56. The molecule has 84 heavy (non-hydrogen) atoms. The van der Waals surface area contributed by atoms with Crippen LogP contribution in [0.5, 0.6) is 0 Å². The summed E-state index contributed by atoms with van der Waals surface area (Å²) in [6.45, 7) is 20.0. The third kappa shape index (κ3) is 11.9. The molecule has 0 aromatic rings. The number of esters is 1. The number of carbonyl (C=O) groups is 4. The molecule has 0 aromatic carbocycles. The number of quaternary nitrogens is 1. The zero-order valence-corrected chi connectivity index (χ0v) is 50.5. The third-order valence-corrected chi connectivity index (χ3v) is 20.3. The van der Waals surface area contributed by atoms with Crippen molar-refractivity contribution >= 4 is 24.1 Å². The number of allylic oxidation sites excluding steroid dienone is 4. The predicted octanol–water partition coefficient (Wildman–Crippen LogP) is 4.27. The number of methoxy groups -OCH3 is 2. The van der Waals surface area contributed by atoms with E-state index in [1.807, 2.05) is 26.0 Å². The van der Waals surface area contributed by atoms with Gasteiger partial charge in [-0.3, -0.25) is 9.59 Å². The molecule has 6 fully saturated rings. The second-order valence-electron chi connectivity index (χ2n) is 25.9. The normalized spacial score (nSPS) is 49.7. The van der Waals surface area contributed by atoms with Gasteiger partial charge in [0, 0.05) is 56.0 Å². The van der Waals surface area contributed by atoms with Crippen LogP contribution < -0.4 is 10.5 Å². The molecule has 9 aliphatic rings. The number of aliphatic hydroxyl groups is 4. The van der Waals surface area contributed by atoms with Crippen molar-refractivity contribution in [3.63, 3.8) is 0 Å². The fraction of sp³-hybridized carbons (Fsp3) is 0.770. The number of ether oxygens (including phenoxy) is 11. The zero-order chi connectivity index (χ0) is 61.2. The van der Waals surface area contributed by atoms with Crippen LogP contribution in [0.15, 0.2) is 58.4 Å². The molecule has 1 saturated carbocycles. The average Bonchev–Trinajstić information content (AvgIpc) is 2.80. The zero-order valence-electron chi connectivity index (χ0n) is 50.5. The van der Waals surface area contributed by atoms with Gasteiger partial charge in [0.1, 0.15) is 42.0 Å². The van der Waals surface area contributed by atoms with E-state index in [1.165, 1.54) is 21.1 Å². The maximum Gasteiger partial charge on any atom is 0.407 e. The van der Waals surface area contributed by atoms with Crippen LogP contribution in [0.3, 0.4) is 0 Å². The highest BCUT2D eigenvalue weighted by Gasteiger charge is 2.64. The van der Waals surface area contributed by atoms with E-state index in [4.69, 9.17) is 52.1 Å². The van der Waals surface area contributed by atoms with Crippen molar-refractivity contribution in [3.05, 3.63) is 63.6 Å². The molecule has 23 nitrogen and oxygen atoms in total. The van der Waals surface area contributed by atoms with Gasteiger partial charge in [-0.05, 0) is 96.1 Å². The van der Waals surface area contributed by atoms with Crippen LogP contribution in [0.25, 0.3) is 0 Å². The highest BCUT2D eigenvalue weighted by molar-refractivity contribution is 6.26. The number of carbonyl (C=O) groups excluding carboxylic acids is 4. The van der Waals surface area contributed by atoms with Crippen molar-refractivity contribution in [2.24, 2.45) is 46.8 Å². The van der Waals surface area contributed by atoms with Crippen molar-refractivity contribution in [1.82, 2.24) is 5.32 Å². The van der Waals surface area contributed by atoms with Crippen molar-refractivity contribution in [3.8, 4) is 0 Å². The summed E-state index contributed by atoms with van der Waals surface area (Å²) in [4.78, 5) is 55.3. The predicted molar refractivity (Wildman–Crippen MR) is 296 cm³/mol. The van der Waals surface area contributed by atoms with E-state index in [9.17, 15) is 45.2 Å². The Labute approximate surface area is 491 Å². The highest BCUT2D eigenvalue weighted by atomic mass is 16.8. The van der Waals surface area contributed by atoms with E-state index >= 15 is 4.79 Å². The lowest BCUT2D eigenvalue weighted by atomic mass is 9.49. The number of ketones is 1. The molecule has 23 heteroatoms. The molecule has 1 amide bonds. The quantitative estimate of drug-likeness (QED) is 0.0472. The summed E-state index contributed by atoms with van der Waals surface area (Å²) in [5.41, 5.74) is -3.49. The van der Waals surface area contributed by atoms with Crippen LogP contribution in [0.1, 0.15) is 121 Å². The molecule has 28 atom stereocenters. The van der Waals surface area contributed by atoms with Gasteiger partial charge in [-0.2, -0.15) is 0 Å². The van der Waals surface area contributed by atoms with Crippen molar-refractivity contribution in [2.45, 2.75) is 237 Å². The van der Waals surface area contributed by atoms with Gasteiger partial charge in [-0.1, -0.05) is 63.6 Å². The Bertz CT molecular complexity index is 2580. The second-order valence-corrected chi connectivity index (χ2v) is 25.9. The lowest BCUT2D eigenvalue weighted by Crippen LogP contribution is -3.17. The maximum absolute atomic E-state index is 15.5. The first kappa shape index (κ1) is 64.5. The van der Waals surface area contributed by atoms with Gasteiger partial charge in [-0.25, -0.2) is 20.0 Å². The van der Waals surface area contributed by atoms with E-state index in [2.05, 4.69) is 25.2 Å². The Morgan fingerprint density at radius 1 is 0.762 bits per heavy atom. The van der Waals surface area contributed by atoms with E-state index in [1.54, 1.807) is 53.7 Å². The van der Waals surface area contributed by atoms with Gasteiger partial charge in [0.25, 0.3) is 0 Å². The van der Waals surface area contributed by atoms with E-state index in [-0.39, 0.29) is 50.4 Å². The van der Waals surface area contributed by atoms with Gasteiger partial charge in [-0.15, -0.1) is 0 Å². The molecule has 5 saturated heterocycles. The minimum atomic E-state index is -1.86. The highest BCUT2D eigenvalue weighted by Crippen LogP contribution is 2.61. The molecule has 1 spiro atoms. The van der Waals surface area contributed by atoms with Crippen LogP contribution in [0, 0.1) is 52.0 Å². The van der Waals surface area contributed by atoms with Gasteiger partial charge in [0.15, 0.2) is 36.3 Å². The summed E-state index contributed by atoms with van der Waals surface area (Å²) in [5, 5.41) is 72.0. The number of hydroxylamine groups is 2. The number of aliphatic hydroxyl groups excluding tert-OH is 4. The molecule has 7 N–H and O–H groups in total. The molecule has 9 rings (SSSR count). The number of nitrogens with one attached hydrogen (secondary N) is 2. The Kier molecular flexibility index (Phi) is 19.4. The fourth-order valence-electron chi connectivity index (χ4n) is 15.8. The van der Waals surface area contributed by atoms with Crippen LogP contribution in [-0.2, 0) is 66.5 Å². The summed E-state index contributed by atoms with van der Waals surface area (Å²) in [7, 11) is 2.69. The van der Waals surface area contributed by atoms with Gasteiger partial charge < -0.3 is 83.1 Å². The summed E-state index contributed by atoms with van der Waals surface area (Å²) in [6, 6.07) is -0.991. The van der Waals surface area contributed by atoms with Gasteiger partial charge in [0.05, 0.1) is 68.5 Å². The number of hydrogen-bond acceptors (Lipinski definition) is 21. The molecular formula is C61H90N2O21. The van der Waals surface area contributed by atoms with E-state index in [0.717, 1.165) is 11.9 Å². The van der Waals surface area contributed by atoms with E-state index < -0.39 is 185 Å². The summed E-state index contributed by atoms with van der Waals surface area (Å²) in [6.07, 6.45) is -2.85. The van der Waals surface area contributed by atoms with Crippen LogP contribution in [0.4, 0.5) is 4.79 Å². The maximum atomic E-state index is 15.5. The molecule has 0 radical (unpaired) electrons. The number of hydrogen-bond donors (Lipinski definition) is 7. The monoisotopic (exact) mass is 1190 g/mol. The number of Topliss-reactive ketones (excluding diaryl/α,β-unsaturated/α-hetero) is 1. The number of rotatable bonds is 12. The minimum Gasteiger partial charge on any atom is -0.600 e. The molecule has 470 valence electrons. The van der Waals surface area contributed by atoms with Gasteiger partial charge >= 0.3 is 12.1 Å². The molecular weight excluding hydrogens is 1100 g/mol. The third-order valence-electron chi connectivity index (χ3n) is 20.3. The fourth-order valence-corrected chi connectivity index (χ4v) is 15.8. The topological polar surface area (TPSA) is 310 Å². The standard InChI is InChI=1S/C61H90N2O21/c1-27-14-17-42(80-47-25-59(10,63(72)73)54(35(9)79-47)62-58(71)75-13)28(2)19-37-20-36(26-64)31(5)24-61(37)56(69)48(57(70)84-61)55(68)60(11)39(27)16-15-38-49(60)29(3)18-30(4)51(38)82-46-23-43(50(67)32(6)76-46)81-44-22-41(66)53(34(8)78-44)83-45-21-40(65)52(74-12)33(7)77-45/h14-16,19-20,26,29-35,37-47,49-54,63,65-68,72H,17-18,21-25H2,1-13H3,(H,62,71)/b27-14-,28-19-,55-48-/t29-,30-,31+,32+,33+,34+,35+,37-,38-,39-,40-,41-,42+,43-,44-,45-,46-,47+,49+,50+,51-,52+,53+,54-,59-,60+,61-/m1/s1. The minimum absolute atomic E-state index is 0.0128. The summed E-state index contributed by atoms with van der Waals surface area (Å²) >= 11 is 0. The van der Waals surface area contributed by atoms with Crippen LogP contribution >= 0.6 is 0 Å². The number of fused-ring (bicyclic) bond motifs is 4. The summed E-state index contributed by atoms with van der Waals surface area (Å²) < 4.78 is 68.0. The van der Waals surface area contributed by atoms with Crippen LogP contribution in [-0.4, -0.2) is 180 Å². The molecule has 5 aliphatic heterocycles.